The van der Waals surface area contributed by atoms with E-state index in [1.54, 1.807) is 0 Å². The Labute approximate surface area is 116 Å². The third-order valence-electron chi connectivity index (χ3n) is 5.73. The van der Waals surface area contributed by atoms with Crippen LogP contribution in [0.15, 0.2) is 12.2 Å². The summed E-state index contributed by atoms with van der Waals surface area (Å²) in [7, 11) is 0. The summed E-state index contributed by atoms with van der Waals surface area (Å²) < 4.78 is 0. The highest BCUT2D eigenvalue weighted by Gasteiger charge is 2.79. The molecule has 4 saturated carbocycles. The lowest BCUT2D eigenvalue weighted by molar-refractivity contribution is -0.140. The predicted octanol–water partition coefficient (Wildman–Crippen LogP) is 2.35. The fourth-order valence-electron chi connectivity index (χ4n) is 5.21. The first-order valence-corrected chi connectivity index (χ1v) is 8.06. The Bertz CT molecular complexity index is 486. The van der Waals surface area contributed by atoms with Crippen LogP contribution in [0, 0.1) is 35.0 Å². The van der Waals surface area contributed by atoms with E-state index in [-0.39, 0.29) is 23.0 Å². The second-order valence-electron chi connectivity index (χ2n) is 5.91. The molecule has 1 unspecified atom stereocenters. The highest BCUT2D eigenvalue weighted by molar-refractivity contribution is 9.09. The fourth-order valence-corrected chi connectivity index (χ4v) is 7.45. The van der Waals surface area contributed by atoms with Gasteiger partial charge in [-0.15, -0.1) is 0 Å². The molecule has 4 rings (SSSR count). The molecule has 4 heteroatoms. The first kappa shape index (κ1) is 10.9. The van der Waals surface area contributed by atoms with Gasteiger partial charge >= 0.3 is 0 Å². The minimum atomic E-state index is -0.386. The van der Waals surface area contributed by atoms with E-state index in [0.29, 0.717) is 39.3 Å². The Hall–Kier alpha value is 0.0400. The van der Waals surface area contributed by atoms with Gasteiger partial charge in [0, 0.05) is 16.1 Å². The number of carbonyl (C=O) groups is 2. The summed E-state index contributed by atoms with van der Waals surface area (Å²) in [5, 5.41) is 0.649. The smallest absolute Gasteiger partial charge is 0.163 e. The average Bonchev–Trinajstić information content (AvgIpc) is 2.83. The number of alkyl halides is 2. The van der Waals surface area contributed by atoms with Crippen LogP contribution < -0.4 is 0 Å². The molecule has 0 N–H and O–H groups in total. The summed E-state index contributed by atoms with van der Waals surface area (Å²) in [6, 6.07) is 0. The van der Waals surface area contributed by atoms with Gasteiger partial charge in [0.1, 0.15) is 5.78 Å². The summed E-state index contributed by atoms with van der Waals surface area (Å²) in [6.07, 6.45) is 1.04. The molecule has 0 radical (unpaired) electrons. The molecule has 0 aromatic rings. The Kier molecular flexibility index (Phi) is 1.90. The molecule has 7 atom stereocenters. The number of hydrogen-bond acceptors (Lipinski definition) is 2. The van der Waals surface area contributed by atoms with Crippen molar-refractivity contribution in [1.29, 1.82) is 0 Å². The van der Waals surface area contributed by atoms with Crippen molar-refractivity contribution < 1.29 is 9.59 Å². The van der Waals surface area contributed by atoms with Gasteiger partial charge in [0.05, 0.1) is 11.3 Å². The van der Waals surface area contributed by atoms with Crippen LogP contribution in [-0.4, -0.2) is 21.7 Å². The molecule has 4 bridgehead atoms. The SMILES string of the molecule is C=C1C(=O)[C@@H]2[C@H]3C[C@@H]4[C@@H](C1C(=O)[C@]42CBr)[C@@H]3Br. The van der Waals surface area contributed by atoms with Crippen molar-refractivity contribution in [2.24, 2.45) is 35.0 Å². The average molecular weight is 360 g/mol. The van der Waals surface area contributed by atoms with Gasteiger partial charge in [0.25, 0.3) is 0 Å². The van der Waals surface area contributed by atoms with Crippen LogP contribution in [-0.2, 0) is 9.59 Å². The lowest BCUT2D eigenvalue weighted by Gasteiger charge is -2.39. The summed E-state index contributed by atoms with van der Waals surface area (Å²) in [6.45, 7) is 3.91. The number of carbonyl (C=O) groups excluding carboxylic acids is 2. The molecule has 0 heterocycles. The zero-order valence-electron chi connectivity index (χ0n) is 9.16. The van der Waals surface area contributed by atoms with E-state index >= 15 is 0 Å². The van der Waals surface area contributed by atoms with Crippen LogP contribution in [0.3, 0.4) is 0 Å². The van der Waals surface area contributed by atoms with Crippen LogP contribution in [0.5, 0.6) is 0 Å². The van der Waals surface area contributed by atoms with E-state index in [0.717, 1.165) is 6.42 Å². The molecule has 0 amide bonds. The second-order valence-corrected chi connectivity index (χ2v) is 7.53. The molecule has 4 aliphatic rings. The van der Waals surface area contributed by atoms with Gasteiger partial charge in [-0.1, -0.05) is 38.4 Å². The van der Waals surface area contributed by atoms with E-state index in [2.05, 4.69) is 38.4 Å². The molecule has 4 fully saturated rings. The number of allylic oxidation sites excluding steroid dienone is 1. The summed E-state index contributed by atoms with van der Waals surface area (Å²) in [4.78, 5) is 25.5. The number of rotatable bonds is 1. The molecule has 0 aromatic carbocycles. The maximum atomic E-state index is 12.7. The van der Waals surface area contributed by atoms with E-state index in [4.69, 9.17) is 0 Å². The van der Waals surface area contributed by atoms with Crippen molar-refractivity contribution in [2.75, 3.05) is 5.33 Å². The molecule has 0 aromatic heterocycles. The number of fused-ring (bicyclic) bond motifs is 4. The van der Waals surface area contributed by atoms with Crippen LogP contribution in [0.25, 0.3) is 0 Å². The van der Waals surface area contributed by atoms with E-state index in [1.165, 1.54) is 0 Å². The standard InChI is InChI=1S/C13H12Br2O2/c1-4-7-8-6-2-5(10(8)15)9(11(4)16)13(6,3-14)12(7)17/h5-10H,1-3H2/t5-,6-,7?,8+,9+,10-,13-/m1/s1. The maximum Gasteiger partial charge on any atom is 0.163 e. The molecule has 0 spiro atoms. The zero-order valence-corrected chi connectivity index (χ0v) is 12.3. The normalized spacial score (nSPS) is 58.6. The van der Waals surface area contributed by atoms with Crippen molar-refractivity contribution in [3.8, 4) is 0 Å². The Morgan fingerprint density at radius 3 is 2.76 bits per heavy atom. The lowest BCUT2D eigenvalue weighted by Crippen LogP contribution is -2.49. The van der Waals surface area contributed by atoms with E-state index < -0.39 is 0 Å². The van der Waals surface area contributed by atoms with Gasteiger partial charge in [-0.05, 0) is 29.7 Å². The third kappa shape index (κ3) is 0.849. The van der Waals surface area contributed by atoms with Crippen molar-refractivity contribution in [2.45, 2.75) is 11.2 Å². The van der Waals surface area contributed by atoms with Crippen LogP contribution in [0.4, 0.5) is 0 Å². The highest BCUT2D eigenvalue weighted by Crippen LogP contribution is 2.75. The summed E-state index contributed by atoms with van der Waals surface area (Å²) >= 11 is 7.26. The quantitative estimate of drug-likeness (QED) is 0.532. The first-order valence-electron chi connectivity index (χ1n) is 6.03. The van der Waals surface area contributed by atoms with E-state index in [9.17, 15) is 9.59 Å². The number of halogens is 2. The predicted molar refractivity (Wildman–Crippen MR) is 70.2 cm³/mol. The molecule has 17 heavy (non-hydrogen) atoms. The lowest BCUT2D eigenvalue weighted by atomic mass is 9.64. The topological polar surface area (TPSA) is 34.1 Å². The summed E-state index contributed by atoms with van der Waals surface area (Å²) in [5.41, 5.74) is 0.207. The second kappa shape index (κ2) is 2.96. The van der Waals surface area contributed by atoms with Gasteiger partial charge in [-0.2, -0.15) is 0 Å². The zero-order chi connectivity index (χ0) is 12.1. The maximum absolute atomic E-state index is 12.7. The van der Waals surface area contributed by atoms with Gasteiger partial charge in [-0.3, -0.25) is 9.59 Å². The number of Topliss-reactive ketones (excluding diaryl/α,β-unsaturated/α-hetero) is 2. The monoisotopic (exact) mass is 358 g/mol. The fraction of sp³-hybridized carbons (Fsp3) is 0.692. The largest absolute Gasteiger partial charge is 0.298 e. The van der Waals surface area contributed by atoms with Crippen LogP contribution >= 0.6 is 31.9 Å². The Balaban J connectivity index is 2.03. The van der Waals surface area contributed by atoms with Gasteiger partial charge in [0.2, 0.25) is 0 Å². The van der Waals surface area contributed by atoms with Crippen molar-refractivity contribution >= 4 is 43.4 Å². The van der Waals surface area contributed by atoms with E-state index in [1.807, 2.05) is 0 Å². The van der Waals surface area contributed by atoms with Crippen LogP contribution in [0.1, 0.15) is 6.42 Å². The van der Waals surface area contributed by atoms with Crippen LogP contribution in [0.2, 0.25) is 0 Å². The third-order valence-corrected chi connectivity index (χ3v) is 7.95. The molecule has 90 valence electrons. The highest BCUT2D eigenvalue weighted by atomic mass is 79.9. The number of ketones is 2. The van der Waals surface area contributed by atoms with Gasteiger partial charge in [-0.25, -0.2) is 0 Å². The number of hydrogen-bond donors (Lipinski definition) is 0. The molecule has 2 nitrogen and oxygen atoms in total. The molecular formula is C13H12Br2O2. The molecule has 0 aliphatic heterocycles. The van der Waals surface area contributed by atoms with Gasteiger partial charge < -0.3 is 0 Å². The summed E-state index contributed by atoms with van der Waals surface area (Å²) in [5.74, 6) is 1.23. The van der Waals surface area contributed by atoms with Crippen molar-refractivity contribution in [3.05, 3.63) is 12.2 Å². The Morgan fingerprint density at radius 1 is 1.41 bits per heavy atom. The minimum Gasteiger partial charge on any atom is -0.298 e. The first-order chi connectivity index (χ1) is 8.05. The molecule has 0 saturated heterocycles. The van der Waals surface area contributed by atoms with Gasteiger partial charge in [0.15, 0.2) is 5.78 Å². The minimum absolute atomic E-state index is 0.105. The molecular weight excluding hydrogens is 348 g/mol. The van der Waals surface area contributed by atoms with Crippen molar-refractivity contribution in [3.63, 3.8) is 0 Å². The van der Waals surface area contributed by atoms with Crippen molar-refractivity contribution in [1.82, 2.24) is 0 Å². The molecule has 4 aliphatic carbocycles. The Morgan fingerprint density at radius 2 is 2.12 bits per heavy atom.